The molecule has 100 valence electrons. The minimum absolute atomic E-state index is 0.329. The molecule has 0 aromatic rings. The van der Waals surface area contributed by atoms with Crippen LogP contribution in [0.5, 0.6) is 0 Å². The Morgan fingerprint density at radius 1 is 1.29 bits per heavy atom. The van der Waals surface area contributed by atoms with Crippen LogP contribution in [0.15, 0.2) is 0 Å². The summed E-state index contributed by atoms with van der Waals surface area (Å²) in [5, 5.41) is 9.85. The fourth-order valence-electron chi connectivity index (χ4n) is 2.99. The number of aliphatic hydroxyl groups is 1. The lowest BCUT2D eigenvalue weighted by atomic mass is 9.99. The van der Waals surface area contributed by atoms with Crippen LogP contribution in [-0.4, -0.2) is 73.0 Å². The van der Waals surface area contributed by atoms with Gasteiger partial charge in [-0.15, -0.1) is 0 Å². The van der Waals surface area contributed by atoms with Crippen molar-refractivity contribution < 1.29 is 9.84 Å². The molecule has 2 aliphatic rings. The van der Waals surface area contributed by atoms with E-state index in [0.29, 0.717) is 13.2 Å². The lowest BCUT2D eigenvalue weighted by Crippen LogP contribution is -2.56. The predicted molar refractivity (Wildman–Crippen MR) is 68.2 cm³/mol. The van der Waals surface area contributed by atoms with Crippen LogP contribution in [0, 0.1) is 0 Å². The van der Waals surface area contributed by atoms with Crippen LogP contribution in [0.1, 0.15) is 26.2 Å². The maximum Gasteiger partial charge on any atom is 0.0900 e. The van der Waals surface area contributed by atoms with Gasteiger partial charge in [0.15, 0.2) is 0 Å². The number of piperazine rings is 1. The van der Waals surface area contributed by atoms with Gasteiger partial charge in [-0.2, -0.15) is 0 Å². The highest BCUT2D eigenvalue weighted by Gasteiger charge is 2.29. The van der Waals surface area contributed by atoms with E-state index in [1.165, 1.54) is 32.4 Å². The van der Waals surface area contributed by atoms with Crippen LogP contribution in [0.3, 0.4) is 0 Å². The Kier molecular flexibility index (Phi) is 5.22. The standard InChI is InChI=1S/C13H26N2O2/c1-2-17-11-13(16)10-14-7-8-15-6-4-3-5-12(15)9-14/h12-13,16H,2-11H2,1H3. The van der Waals surface area contributed by atoms with Crippen molar-refractivity contribution in [2.45, 2.75) is 38.3 Å². The Hall–Kier alpha value is -0.160. The first-order chi connectivity index (χ1) is 8.29. The number of piperidine rings is 1. The molecule has 0 bridgehead atoms. The second kappa shape index (κ2) is 6.69. The van der Waals surface area contributed by atoms with Crippen molar-refractivity contribution in [1.29, 1.82) is 0 Å². The molecule has 2 heterocycles. The van der Waals surface area contributed by atoms with Gasteiger partial charge in [0.25, 0.3) is 0 Å². The van der Waals surface area contributed by atoms with Crippen LogP contribution in [0.2, 0.25) is 0 Å². The molecular formula is C13H26N2O2. The number of ether oxygens (including phenoxy) is 1. The van der Waals surface area contributed by atoms with Crippen molar-refractivity contribution in [2.75, 3.05) is 45.9 Å². The summed E-state index contributed by atoms with van der Waals surface area (Å²) in [5.41, 5.74) is 0. The summed E-state index contributed by atoms with van der Waals surface area (Å²) in [4.78, 5) is 5.02. The summed E-state index contributed by atoms with van der Waals surface area (Å²) in [6.07, 6.45) is 3.74. The zero-order chi connectivity index (χ0) is 12.1. The first-order valence-corrected chi connectivity index (χ1v) is 7.01. The number of aliphatic hydroxyl groups excluding tert-OH is 1. The molecule has 0 spiro atoms. The summed E-state index contributed by atoms with van der Waals surface area (Å²) in [5.74, 6) is 0. The van der Waals surface area contributed by atoms with E-state index in [2.05, 4.69) is 9.80 Å². The minimum Gasteiger partial charge on any atom is -0.389 e. The number of fused-ring (bicyclic) bond motifs is 1. The van der Waals surface area contributed by atoms with Crippen LogP contribution in [0.4, 0.5) is 0 Å². The second-order valence-corrected chi connectivity index (χ2v) is 5.26. The van der Waals surface area contributed by atoms with E-state index in [9.17, 15) is 5.11 Å². The maximum absolute atomic E-state index is 9.85. The Morgan fingerprint density at radius 2 is 2.18 bits per heavy atom. The van der Waals surface area contributed by atoms with Crippen molar-refractivity contribution in [2.24, 2.45) is 0 Å². The highest BCUT2D eigenvalue weighted by atomic mass is 16.5. The van der Waals surface area contributed by atoms with E-state index in [-0.39, 0.29) is 6.10 Å². The number of β-amino-alcohol motifs (C(OH)–C–C–N with tert-alkyl or cyclic N) is 1. The topological polar surface area (TPSA) is 35.9 Å². The Labute approximate surface area is 105 Å². The van der Waals surface area contributed by atoms with Crippen LogP contribution in [-0.2, 0) is 4.74 Å². The van der Waals surface area contributed by atoms with Gasteiger partial charge in [-0.3, -0.25) is 9.80 Å². The fraction of sp³-hybridized carbons (Fsp3) is 1.00. The van der Waals surface area contributed by atoms with E-state index < -0.39 is 0 Å². The lowest BCUT2D eigenvalue weighted by Gasteiger charge is -2.44. The molecule has 4 heteroatoms. The molecular weight excluding hydrogens is 216 g/mol. The second-order valence-electron chi connectivity index (χ2n) is 5.26. The molecule has 0 saturated carbocycles. The van der Waals surface area contributed by atoms with Gasteiger partial charge in [0.2, 0.25) is 0 Å². The van der Waals surface area contributed by atoms with Gasteiger partial charge in [-0.05, 0) is 26.3 Å². The molecule has 2 unspecified atom stereocenters. The van der Waals surface area contributed by atoms with Crippen molar-refractivity contribution in [3.8, 4) is 0 Å². The van der Waals surface area contributed by atoms with Gasteiger partial charge < -0.3 is 9.84 Å². The molecule has 4 nitrogen and oxygen atoms in total. The Bertz CT molecular complexity index is 225. The van der Waals surface area contributed by atoms with Gasteiger partial charge >= 0.3 is 0 Å². The Morgan fingerprint density at radius 3 is 3.00 bits per heavy atom. The molecule has 0 aliphatic carbocycles. The molecule has 2 saturated heterocycles. The monoisotopic (exact) mass is 242 g/mol. The molecule has 2 atom stereocenters. The zero-order valence-electron chi connectivity index (χ0n) is 11.0. The quantitative estimate of drug-likeness (QED) is 0.764. The third kappa shape index (κ3) is 3.91. The van der Waals surface area contributed by atoms with Gasteiger partial charge in [0.05, 0.1) is 12.7 Å². The highest BCUT2D eigenvalue weighted by Crippen LogP contribution is 2.20. The third-order valence-corrected chi connectivity index (χ3v) is 3.90. The van der Waals surface area contributed by atoms with Crippen molar-refractivity contribution in [3.05, 3.63) is 0 Å². The van der Waals surface area contributed by atoms with Crippen molar-refractivity contribution >= 4 is 0 Å². The molecule has 2 fully saturated rings. The molecule has 0 radical (unpaired) electrons. The first-order valence-electron chi connectivity index (χ1n) is 7.01. The summed E-state index contributed by atoms with van der Waals surface area (Å²) in [6, 6.07) is 0.733. The van der Waals surface area contributed by atoms with Gasteiger partial charge in [-0.1, -0.05) is 6.42 Å². The largest absolute Gasteiger partial charge is 0.389 e. The number of hydrogen-bond acceptors (Lipinski definition) is 4. The first kappa shape index (κ1) is 13.3. The summed E-state index contributed by atoms with van der Waals surface area (Å²) >= 11 is 0. The predicted octanol–water partition coefficient (Wildman–Crippen LogP) is 0.554. The smallest absolute Gasteiger partial charge is 0.0900 e. The fourth-order valence-corrected chi connectivity index (χ4v) is 2.99. The van der Waals surface area contributed by atoms with Gasteiger partial charge in [-0.25, -0.2) is 0 Å². The summed E-state index contributed by atoms with van der Waals surface area (Å²) in [6.45, 7) is 8.57. The van der Waals surface area contributed by atoms with Crippen molar-refractivity contribution in [1.82, 2.24) is 9.80 Å². The maximum atomic E-state index is 9.85. The van der Waals surface area contributed by atoms with E-state index in [0.717, 1.165) is 25.7 Å². The molecule has 2 rings (SSSR count). The van der Waals surface area contributed by atoms with Crippen LogP contribution in [0.25, 0.3) is 0 Å². The summed E-state index contributed by atoms with van der Waals surface area (Å²) in [7, 11) is 0. The molecule has 1 N–H and O–H groups in total. The molecule has 2 aliphatic heterocycles. The van der Waals surface area contributed by atoms with Gasteiger partial charge in [0, 0.05) is 38.8 Å². The average molecular weight is 242 g/mol. The molecule has 0 aromatic carbocycles. The zero-order valence-corrected chi connectivity index (χ0v) is 11.0. The normalized spacial score (nSPS) is 28.9. The molecule has 0 amide bonds. The number of hydrogen-bond donors (Lipinski definition) is 1. The minimum atomic E-state index is -0.329. The molecule has 0 aromatic heterocycles. The van der Waals surface area contributed by atoms with Crippen LogP contribution < -0.4 is 0 Å². The van der Waals surface area contributed by atoms with E-state index in [1.54, 1.807) is 0 Å². The van der Waals surface area contributed by atoms with Crippen LogP contribution >= 0.6 is 0 Å². The number of rotatable bonds is 5. The van der Waals surface area contributed by atoms with E-state index in [1.807, 2.05) is 6.92 Å². The third-order valence-electron chi connectivity index (χ3n) is 3.90. The lowest BCUT2D eigenvalue weighted by molar-refractivity contribution is -0.00716. The SMILES string of the molecule is CCOCC(O)CN1CCN2CCCCC2C1. The average Bonchev–Trinajstić information content (AvgIpc) is 2.36. The molecule has 17 heavy (non-hydrogen) atoms. The Balaban J connectivity index is 1.71. The van der Waals surface area contributed by atoms with E-state index in [4.69, 9.17) is 4.74 Å². The summed E-state index contributed by atoms with van der Waals surface area (Å²) < 4.78 is 5.26. The van der Waals surface area contributed by atoms with E-state index >= 15 is 0 Å². The van der Waals surface area contributed by atoms with Gasteiger partial charge in [0.1, 0.15) is 0 Å². The number of nitrogens with zero attached hydrogens (tertiary/aromatic N) is 2. The van der Waals surface area contributed by atoms with Crippen molar-refractivity contribution in [3.63, 3.8) is 0 Å². The highest BCUT2D eigenvalue weighted by molar-refractivity contribution is 4.85.